The molecule has 0 saturated heterocycles. The molecule has 1 aromatic rings. The van der Waals surface area contributed by atoms with E-state index in [2.05, 4.69) is 15.9 Å². The van der Waals surface area contributed by atoms with E-state index >= 15 is 0 Å². The molecule has 0 heterocycles. The van der Waals surface area contributed by atoms with Gasteiger partial charge in [-0.05, 0) is 12.1 Å². The summed E-state index contributed by atoms with van der Waals surface area (Å²) in [5.74, 6) is -5.11. The third kappa shape index (κ3) is 9.69. The van der Waals surface area contributed by atoms with Crippen molar-refractivity contribution in [3.63, 3.8) is 0 Å². The molecule has 12 heteroatoms. The highest BCUT2D eigenvalue weighted by atomic mass is 79.9. The molecular weight excluding hydrogens is 520 g/mol. The monoisotopic (exact) mass is 544 g/mol. The fourth-order valence-electron chi connectivity index (χ4n) is 2.87. The third-order valence-electron chi connectivity index (χ3n) is 4.04. The van der Waals surface area contributed by atoms with Gasteiger partial charge in [-0.2, -0.15) is 0 Å². The number of ketones is 1. The first-order valence-electron chi connectivity index (χ1n) is 9.93. The SMILES string of the molecule is CC(=O)OC[C@@H](OC(C)=O)[C@@H](OC(C)=O)[C@@H](OC(C)=O)[C@@H](OC(C)=O)C(=O)c1ccc(Br)cc1. The fraction of sp³-hybridized carbons (Fsp3) is 0.455. The van der Waals surface area contributed by atoms with Gasteiger partial charge in [0.05, 0.1) is 0 Å². The van der Waals surface area contributed by atoms with Crippen molar-refractivity contribution in [3.8, 4) is 0 Å². The molecule has 0 aliphatic carbocycles. The number of carbonyl (C=O) groups is 6. The maximum Gasteiger partial charge on any atom is 0.303 e. The average molecular weight is 545 g/mol. The van der Waals surface area contributed by atoms with Gasteiger partial charge in [-0.1, -0.05) is 28.1 Å². The Labute approximate surface area is 204 Å². The molecule has 1 rings (SSSR count). The summed E-state index contributed by atoms with van der Waals surface area (Å²) < 4.78 is 26.4. The quantitative estimate of drug-likeness (QED) is 0.228. The lowest BCUT2D eigenvalue weighted by Gasteiger charge is -2.34. The van der Waals surface area contributed by atoms with E-state index < -0.39 is 66.7 Å². The normalized spacial score (nSPS) is 13.9. The molecule has 0 aromatic heterocycles. The van der Waals surface area contributed by atoms with Gasteiger partial charge in [0.2, 0.25) is 11.9 Å². The lowest BCUT2D eigenvalue weighted by atomic mass is 9.95. The molecule has 4 atom stereocenters. The molecule has 0 aliphatic rings. The Morgan fingerprint density at radius 3 is 1.59 bits per heavy atom. The minimum atomic E-state index is -1.80. The average Bonchev–Trinajstić information content (AvgIpc) is 2.71. The summed E-state index contributed by atoms with van der Waals surface area (Å²) in [5, 5.41) is 0. The number of carbonyl (C=O) groups excluding carboxylic acids is 6. The van der Waals surface area contributed by atoms with Gasteiger partial charge >= 0.3 is 29.8 Å². The van der Waals surface area contributed by atoms with E-state index in [1.54, 1.807) is 12.1 Å². The highest BCUT2D eigenvalue weighted by Crippen LogP contribution is 2.23. The van der Waals surface area contributed by atoms with Crippen LogP contribution in [-0.2, 0) is 47.7 Å². The van der Waals surface area contributed by atoms with Crippen LogP contribution >= 0.6 is 15.9 Å². The fourth-order valence-corrected chi connectivity index (χ4v) is 3.14. The van der Waals surface area contributed by atoms with Crippen LogP contribution in [-0.4, -0.2) is 66.7 Å². The topological polar surface area (TPSA) is 149 Å². The molecule has 186 valence electrons. The van der Waals surface area contributed by atoms with E-state index in [4.69, 9.17) is 23.7 Å². The Morgan fingerprint density at radius 1 is 0.676 bits per heavy atom. The first-order valence-corrected chi connectivity index (χ1v) is 10.7. The molecule has 1 aromatic carbocycles. The van der Waals surface area contributed by atoms with E-state index in [-0.39, 0.29) is 5.56 Å². The van der Waals surface area contributed by atoms with E-state index in [9.17, 15) is 28.8 Å². The van der Waals surface area contributed by atoms with Crippen LogP contribution in [0.2, 0.25) is 0 Å². The predicted molar refractivity (Wildman–Crippen MR) is 117 cm³/mol. The van der Waals surface area contributed by atoms with Crippen LogP contribution < -0.4 is 0 Å². The zero-order valence-corrected chi connectivity index (χ0v) is 20.8. The highest BCUT2D eigenvalue weighted by Gasteiger charge is 2.47. The summed E-state index contributed by atoms with van der Waals surface area (Å²) in [7, 11) is 0. The molecule has 34 heavy (non-hydrogen) atoms. The molecule has 0 radical (unpaired) electrons. The van der Waals surface area contributed by atoms with Gasteiger partial charge in [-0.3, -0.25) is 28.8 Å². The van der Waals surface area contributed by atoms with Crippen molar-refractivity contribution in [2.45, 2.75) is 59.0 Å². The van der Waals surface area contributed by atoms with Gasteiger partial charge in [0.1, 0.15) is 6.61 Å². The molecule has 11 nitrogen and oxygen atoms in total. The first-order chi connectivity index (χ1) is 15.8. The standard InChI is InChI=1S/C22H25BrO11/c1-11(24)30-10-18(31-12(2)25)20(32-13(3)26)22(34-15(5)28)21(33-14(4)27)19(29)16-6-8-17(23)9-7-16/h6-9,18,20-22H,10H2,1-5H3/t18-,20-,21+,22-/m1/s1. The second-order valence-corrected chi connectivity index (χ2v) is 7.92. The van der Waals surface area contributed by atoms with Crippen LogP contribution in [0.15, 0.2) is 28.7 Å². The Hall–Kier alpha value is -3.28. The Balaban J connectivity index is 3.61. The molecule has 0 fully saturated rings. The van der Waals surface area contributed by atoms with Crippen molar-refractivity contribution in [2.24, 2.45) is 0 Å². The lowest BCUT2D eigenvalue weighted by Crippen LogP contribution is -2.55. The summed E-state index contributed by atoms with van der Waals surface area (Å²) in [4.78, 5) is 72.0. The molecule has 0 saturated carbocycles. The molecular formula is C22H25BrO11. The number of ether oxygens (including phenoxy) is 5. The van der Waals surface area contributed by atoms with Crippen LogP contribution in [0.1, 0.15) is 45.0 Å². The smallest absolute Gasteiger partial charge is 0.303 e. The van der Waals surface area contributed by atoms with E-state index in [1.165, 1.54) is 12.1 Å². The number of halogens is 1. The van der Waals surface area contributed by atoms with Crippen molar-refractivity contribution in [3.05, 3.63) is 34.3 Å². The highest BCUT2D eigenvalue weighted by molar-refractivity contribution is 9.10. The van der Waals surface area contributed by atoms with Crippen LogP contribution in [0.5, 0.6) is 0 Å². The third-order valence-corrected chi connectivity index (χ3v) is 4.57. The van der Waals surface area contributed by atoms with Gasteiger partial charge in [-0.25, -0.2) is 0 Å². The van der Waals surface area contributed by atoms with Crippen molar-refractivity contribution < 1.29 is 52.5 Å². The molecule has 0 bridgehead atoms. The Bertz CT molecular complexity index is 925. The maximum atomic E-state index is 13.3. The molecule has 0 spiro atoms. The number of rotatable bonds is 11. The second-order valence-electron chi connectivity index (χ2n) is 7.00. The summed E-state index contributed by atoms with van der Waals surface area (Å²) in [6.07, 6.45) is -6.76. The van der Waals surface area contributed by atoms with Crippen LogP contribution in [0.4, 0.5) is 0 Å². The Morgan fingerprint density at radius 2 is 1.15 bits per heavy atom. The van der Waals surface area contributed by atoms with Gasteiger partial charge in [0.15, 0.2) is 18.3 Å². The largest absolute Gasteiger partial charge is 0.462 e. The van der Waals surface area contributed by atoms with Gasteiger partial charge in [0, 0.05) is 44.7 Å². The van der Waals surface area contributed by atoms with E-state index in [1.807, 2.05) is 0 Å². The van der Waals surface area contributed by atoms with Crippen molar-refractivity contribution >= 4 is 51.6 Å². The van der Waals surface area contributed by atoms with Crippen molar-refractivity contribution in [1.29, 1.82) is 0 Å². The second kappa shape index (κ2) is 13.4. The summed E-state index contributed by atoms with van der Waals surface area (Å²) in [6.45, 7) is 4.59. The van der Waals surface area contributed by atoms with Crippen molar-refractivity contribution in [1.82, 2.24) is 0 Å². The van der Waals surface area contributed by atoms with Gasteiger partial charge in [0.25, 0.3) is 0 Å². The molecule has 0 amide bonds. The first kappa shape index (κ1) is 28.8. The zero-order chi connectivity index (χ0) is 26.0. The minimum Gasteiger partial charge on any atom is -0.462 e. The van der Waals surface area contributed by atoms with Crippen LogP contribution in [0.3, 0.4) is 0 Å². The summed E-state index contributed by atoms with van der Waals surface area (Å²) in [5.41, 5.74) is 0.0807. The number of Topliss-reactive ketones (excluding diaryl/α,β-unsaturated/α-hetero) is 1. The number of hydrogen-bond donors (Lipinski definition) is 0. The molecule has 0 unspecified atom stereocenters. The van der Waals surface area contributed by atoms with Gasteiger partial charge in [-0.15, -0.1) is 0 Å². The summed E-state index contributed by atoms with van der Waals surface area (Å²) in [6, 6.07) is 5.98. The maximum absolute atomic E-state index is 13.3. The zero-order valence-electron chi connectivity index (χ0n) is 19.2. The Kier molecular flexibility index (Phi) is 11.4. The lowest BCUT2D eigenvalue weighted by molar-refractivity contribution is -0.199. The number of benzene rings is 1. The van der Waals surface area contributed by atoms with E-state index in [0.29, 0.717) is 4.47 Å². The van der Waals surface area contributed by atoms with Crippen molar-refractivity contribution in [2.75, 3.05) is 6.61 Å². The predicted octanol–water partition coefficient (Wildman–Crippen LogP) is 1.92. The van der Waals surface area contributed by atoms with E-state index in [0.717, 1.165) is 34.6 Å². The molecule has 0 aliphatic heterocycles. The minimum absolute atomic E-state index is 0.0807. The number of esters is 5. The number of hydrogen-bond acceptors (Lipinski definition) is 11. The van der Waals surface area contributed by atoms with Crippen LogP contribution in [0.25, 0.3) is 0 Å². The van der Waals surface area contributed by atoms with Crippen LogP contribution in [0, 0.1) is 0 Å². The summed E-state index contributed by atoms with van der Waals surface area (Å²) >= 11 is 3.24. The van der Waals surface area contributed by atoms with Gasteiger partial charge < -0.3 is 23.7 Å². The molecule has 0 N–H and O–H groups in total.